The third-order valence-corrected chi connectivity index (χ3v) is 10.7. The Morgan fingerprint density at radius 3 is 2.15 bits per heavy atom. The predicted octanol–water partition coefficient (Wildman–Crippen LogP) is -0.474. The number of carbonyl (C=O) groups excluding carboxylic acids is 8. The molecule has 0 spiro atoms. The predicted molar refractivity (Wildman–Crippen MR) is 227 cm³/mol. The number of benzene rings is 2. The molecule has 0 unspecified atom stereocenters. The van der Waals surface area contributed by atoms with E-state index in [0.29, 0.717) is 12.0 Å². The zero-order valence-electron chi connectivity index (χ0n) is 35.8. The first kappa shape index (κ1) is 48.0. The van der Waals surface area contributed by atoms with Gasteiger partial charge in [0.25, 0.3) is 0 Å². The summed E-state index contributed by atoms with van der Waals surface area (Å²) in [5, 5.41) is 22.2. The van der Waals surface area contributed by atoms with Crippen molar-refractivity contribution >= 4 is 58.0 Å². The van der Waals surface area contributed by atoms with Crippen LogP contribution >= 0.6 is 0 Å². The molecule has 1 aliphatic heterocycles. The van der Waals surface area contributed by atoms with Crippen molar-refractivity contribution in [2.45, 2.75) is 75.5 Å². The molecule has 19 heteroatoms. The Morgan fingerprint density at radius 2 is 1.50 bits per heavy atom. The van der Waals surface area contributed by atoms with Crippen LogP contribution in [0.1, 0.15) is 50.2 Å². The highest BCUT2D eigenvalue weighted by molar-refractivity contribution is 5.98. The fourth-order valence-electron chi connectivity index (χ4n) is 6.80. The molecule has 2 heterocycles. The Bertz CT molecular complexity index is 2110. The highest BCUT2D eigenvalue weighted by Crippen LogP contribution is 2.24. The highest BCUT2D eigenvalue weighted by Gasteiger charge is 2.43. The minimum Gasteiger partial charge on any atom is -0.508 e. The van der Waals surface area contributed by atoms with Crippen LogP contribution in [0.5, 0.6) is 5.75 Å². The van der Waals surface area contributed by atoms with Crippen molar-refractivity contribution in [2.24, 2.45) is 5.73 Å². The van der Waals surface area contributed by atoms with Gasteiger partial charge in [0.05, 0.1) is 13.0 Å². The summed E-state index contributed by atoms with van der Waals surface area (Å²) in [4.78, 5) is 114. The molecule has 1 fully saturated rings. The maximum Gasteiger partial charge on any atom is 0.246 e. The number of hydrogen-bond donors (Lipinski definition) is 6. The van der Waals surface area contributed by atoms with E-state index in [0.717, 1.165) is 21.2 Å². The Kier molecular flexibility index (Phi) is 17.3. The molecule has 2 aromatic carbocycles. The van der Waals surface area contributed by atoms with Crippen LogP contribution in [0.15, 0.2) is 60.9 Å². The first-order valence-electron chi connectivity index (χ1n) is 20.2. The van der Waals surface area contributed by atoms with E-state index < -0.39 is 65.5 Å². The maximum atomic E-state index is 14.3. The van der Waals surface area contributed by atoms with Gasteiger partial charge in [0.1, 0.15) is 29.4 Å². The molecule has 4 rings (SSSR count). The lowest BCUT2D eigenvalue weighted by Gasteiger charge is -2.37. The molecule has 0 bridgehead atoms. The van der Waals surface area contributed by atoms with Gasteiger partial charge in [0, 0.05) is 92.9 Å². The smallest absolute Gasteiger partial charge is 0.246 e. The van der Waals surface area contributed by atoms with Crippen molar-refractivity contribution in [3.63, 3.8) is 0 Å². The number of phenolic OH excluding ortho intramolecular Hbond substituents is 1. The first-order chi connectivity index (χ1) is 29.4. The number of pyridine rings is 1. The van der Waals surface area contributed by atoms with Crippen LogP contribution in [0.4, 0.5) is 0 Å². The van der Waals surface area contributed by atoms with E-state index in [9.17, 15) is 43.5 Å². The standard InChI is InChI=1S/C43H57N9O10/c1-27(53)51(4)18-14-33(48-42(61)43(15-19-62-20-16-43)49-37(56)13-9-28-8-10-31-23-32(54)12-11-30(31)21-28)39(58)46-34(24-36(44)55)40(59)47-35(22-29-7-6-17-45-25-29)41(60)52(5)26-38(57)50(2)3/h6-8,10-12,17,21,23,25,33-35,54H,9,13-16,18-20,22,24,26H2,1-5H3,(H2,44,55)(H,46,58)(H,47,59)(H,48,61)(H,49,56)/t33-,34-,35-/m0/s1. The molecule has 1 aromatic heterocycles. The van der Waals surface area contributed by atoms with E-state index in [2.05, 4.69) is 26.3 Å². The summed E-state index contributed by atoms with van der Waals surface area (Å²) in [6.07, 6.45) is 2.69. The van der Waals surface area contributed by atoms with E-state index in [4.69, 9.17) is 10.5 Å². The summed E-state index contributed by atoms with van der Waals surface area (Å²) >= 11 is 0. The number of ether oxygens (including phenoxy) is 1. The number of aryl methyl sites for hydroxylation is 1. The lowest BCUT2D eigenvalue weighted by molar-refractivity contribution is -0.141. The van der Waals surface area contributed by atoms with Gasteiger partial charge >= 0.3 is 0 Å². The summed E-state index contributed by atoms with van der Waals surface area (Å²) in [6.45, 7) is 1.29. The lowest BCUT2D eigenvalue weighted by Crippen LogP contribution is -2.64. The molecule has 1 aliphatic rings. The minimum absolute atomic E-state index is 0.00603. The molecular formula is C43H57N9O10. The number of rotatable bonds is 20. The molecular weight excluding hydrogens is 803 g/mol. The summed E-state index contributed by atoms with van der Waals surface area (Å²) in [5.41, 5.74) is 5.47. The second-order valence-corrected chi connectivity index (χ2v) is 15.7. The number of primary amides is 1. The van der Waals surface area contributed by atoms with Crippen molar-refractivity contribution in [3.05, 3.63) is 72.1 Å². The Balaban J connectivity index is 1.54. The second kappa shape index (κ2) is 22.3. The summed E-state index contributed by atoms with van der Waals surface area (Å²) in [6, 6.07) is 9.64. The molecule has 0 saturated carbocycles. The van der Waals surface area contributed by atoms with Gasteiger partial charge in [0.2, 0.25) is 47.3 Å². The van der Waals surface area contributed by atoms with E-state index in [1.165, 1.54) is 57.3 Å². The average molecular weight is 860 g/mol. The number of phenols is 1. The molecule has 0 aliphatic carbocycles. The molecule has 0 radical (unpaired) electrons. The van der Waals surface area contributed by atoms with Crippen molar-refractivity contribution in [1.29, 1.82) is 0 Å². The number of nitrogens with two attached hydrogens (primary N) is 1. The summed E-state index contributed by atoms with van der Waals surface area (Å²) < 4.78 is 5.53. The third kappa shape index (κ3) is 14.0. The molecule has 1 saturated heterocycles. The number of aromatic hydroxyl groups is 1. The van der Waals surface area contributed by atoms with Crippen molar-refractivity contribution in [2.75, 3.05) is 54.5 Å². The molecule has 19 nitrogen and oxygen atoms in total. The number of nitrogens with zero attached hydrogens (tertiary/aromatic N) is 4. The van der Waals surface area contributed by atoms with Crippen LogP contribution in [-0.2, 0) is 55.9 Å². The maximum absolute atomic E-state index is 14.3. The van der Waals surface area contributed by atoms with Gasteiger partial charge < -0.3 is 51.5 Å². The fourth-order valence-corrected chi connectivity index (χ4v) is 6.80. The Morgan fingerprint density at radius 1 is 0.839 bits per heavy atom. The largest absolute Gasteiger partial charge is 0.508 e. The number of fused-ring (bicyclic) bond motifs is 1. The van der Waals surface area contributed by atoms with Gasteiger partial charge in [-0.2, -0.15) is 0 Å². The number of amides is 8. The summed E-state index contributed by atoms with van der Waals surface area (Å²) in [7, 11) is 5.96. The van der Waals surface area contributed by atoms with Gasteiger partial charge in [-0.05, 0) is 52.9 Å². The normalized spacial score (nSPS) is 14.6. The summed E-state index contributed by atoms with van der Waals surface area (Å²) in [5.74, 6) is -5.12. The minimum atomic E-state index is -1.62. The van der Waals surface area contributed by atoms with E-state index in [1.54, 1.807) is 30.3 Å². The Labute approximate surface area is 360 Å². The quantitative estimate of drug-likeness (QED) is 0.0846. The molecule has 62 heavy (non-hydrogen) atoms. The highest BCUT2D eigenvalue weighted by atomic mass is 16.5. The van der Waals surface area contributed by atoms with Crippen LogP contribution in [0, 0.1) is 0 Å². The van der Waals surface area contributed by atoms with Crippen molar-refractivity contribution in [3.8, 4) is 5.75 Å². The third-order valence-electron chi connectivity index (χ3n) is 10.7. The van der Waals surface area contributed by atoms with Gasteiger partial charge in [-0.25, -0.2) is 0 Å². The topological polar surface area (TPSA) is 263 Å². The second-order valence-electron chi connectivity index (χ2n) is 15.7. The van der Waals surface area contributed by atoms with Crippen LogP contribution in [0.2, 0.25) is 0 Å². The number of aromatic nitrogens is 1. The number of likely N-dealkylation sites (N-methyl/N-ethyl adjacent to an activating group) is 2. The zero-order chi connectivity index (χ0) is 45.6. The molecule has 334 valence electrons. The Hall–Kier alpha value is -6.63. The molecule has 8 amide bonds. The van der Waals surface area contributed by atoms with Gasteiger partial charge in [-0.1, -0.05) is 30.3 Å². The number of nitrogens with one attached hydrogen (secondary N) is 4. The lowest BCUT2D eigenvalue weighted by atomic mass is 9.88. The van der Waals surface area contributed by atoms with Gasteiger partial charge in [-0.15, -0.1) is 0 Å². The van der Waals surface area contributed by atoms with E-state index in [1.807, 2.05) is 18.2 Å². The van der Waals surface area contributed by atoms with Crippen molar-refractivity contribution < 1.29 is 48.2 Å². The van der Waals surface area contributed by atoms with Crippen LogP contribution < -0.4 is 27.0 Å². The SMILES string of the molecule is CC(=O)N(C)CC[C@H](NC(=O)C1(NC(=O)CCc2ccc3cc(O)ccc3c2)CCOCC1)C(=O)N[C@@H](CC(N)=O)C(=O)N[C@@H](Cc1cccnc1)C(=O)N(C)CC(=O)N(C)C. The van der Waals surface area contributed by atoms with Crippen LogP contribution in [0.3, 0.4) is 0 Å². The molecule has 3 aromatic rings. The van der Waals surface area contributed by atoms with E-state index in [-0.39, 0.29) is 76.0 Å². The van der Waals surface area contributed by atoms with Crippen LogP contribution in [0.25, 0.3) is 10.8 Å². The molecule has 3 atom stereocenters. The van der Waals surface area contributed by atoms with Gasteiger partial charge in [0.15, 0.2) is 0 Å². The molecule has 7 N–H and O–H groups in total. The number of hydrogen-bond acceptors (Lipinski definition) is 11. The fraction of sp³-hybridized carbons (Fsp3) is 0.465. The average Bonchev–Trinajstić information content (AvgIpc) is 3.23. The number of carbonyl (C=O) groups is 8. The van der Waals surface area contributed by atoms with Crippen LogP contribution in [-0.4, -0.2) is 150 Å². The van der Waals surface area contributed by atoms with Gasteiger partial charge in [-0.3, -0.25) is 43.3 Å². The zero-order valence-corrected chi connectivity index (χ0v) is 35.8. The van der Waals surface area contributed by atoms with E-state index >= 15 is 0 Å². The van der Waals surface area contributed by atoms with Crippen molar-refractivity contribution in [1.82, 2.24) is 41.0 Å². The first-order valence-corrected chi connectivity index (χ1v) is 20.2. The monoisotopic (exact) mass is 859 g/mol.